The van der Waals surface area contributed by atoms with Crippen LogP contribution < -0.4 is 15.4 Å². The molecule has 0 heterocycles. The van der Waals surface area contributed by atoms with Crippen LogP contribution in [-0.2, 0) is 0 Å². The van der Waals surface area contributed by atoms with E-state index in [9.17, 15) is 9.90 Å². The number of ether oxygens (including phenoxy) is 1. The summed E-state index contributed by atoms with van der Waals surface area (Å²) in [5.74, 6) is 0.773. The lowest BCUT2D eigenvalue weighted by Crippen LogP contribution is -2.38. The van der Waals surface area contributed by atoms with Crippen LogP contribution in [0.2, 0.25) is 0 Å². The third-order valence-corrected chi connectivity index (χ3v) is 3.32. The van der Waals surface area contributed by atoms with E-state index in [1.54, 1.807) is 6.92 Å². The maximum Gasteiger partial charge on any atom is 0.319 e. The number of aliphatic hydroxyl groups excluding tert-OH is 1. The lowest BCUT2D eigenvalue weighted by Gasteiger charge is -2.26. The normalized spacial score (nSPS) is 12.6. The van der Waals surface area contributed by atoms with E-state index in [1.165, 1.54) is 0 Å². The summed E-state index contributed by atoms with van der Waals surface area (Å²) >= 11 is 0. The van der Waals surface area contributed by atoms with Gasteiger partial charge in [0.25, 0.3) is 0 Å². The van der Waals surface area contributed by atoms with Crippen molar-refractivity contribution in [1.29, 1.82) is 0 Å². The Morgan fingerprint density at radius 3 is 2.68 bits per heavy atom. The molecule has 0 saturated heterocycles. The molecule has 0 spiro atoms. The number of rotatable bonds is 7. The molecule has 0 saturated carbocycles. The van der Waals surface area contributed by atoms with Crippen LogP contribution in [0.15, 0.2) is 18.2 Å². The van der Waals surface area contributed by atoms with Crippen molar-refractivity contribution >= 4 is 11.7 Å². The Bertz CT molecular complexity index is 499. The molecule has 0 aliphatic carbocycles. The van der Waals surface area contributed by atoms with E-state index in [-0.39, 0.29) is 17.6 Å². The molecular formula is C17H28N2O3. The van der Waals surface area contributed by atoms with E-state index in [4.69, 9.17) is 4.74 Å². The summed E-state index contributed by atoms with van der Waals surface area (Å²) in [5.41, 5.74) is 1.57. The maximum atomic E-state index is 12.0. The molecule has 0 aromatic heterocycles. The fourth-order valence-corrected chi connectivity index (χ4v) is 2.36. The lowest BCUT2D eigenvalue weighted by molar-refractivity contribution is 0.129. The van der Waals surface area contributed by atoms with Gasteiger partial charge in [0.15, 0.2) is 0 Å². The Morgan fingerprint density at radius 1 is 1.41 bits per heavy atom. The molecule has 0 radical (unpaired) electrons. The highest BCUT2D eigenvalue weighted by Gasteiger charge is 2.21. The summed E-state index contributed by atoms with van der Waals surface area (Å²) in [4.78, 5) is 12.0. The van der Waals surface area contributed by atoms with Gasteiger partial charge in [-0.2, -0.15) is 0 Å². The van der Waals surface area contributed by atoms with Gasteiger partial charge in [-0.05, 0) is 44.2 Å². The molecule has 0 aliphatic rings. The SMILES string of the molecule is CCOc1cc(NC(=O)NCC(C)(C)C[C@@H](C)O)ccc1C. The molecule has 0 aliphatic heterocycles. The van der Waals surface area contributed by atoms with Crippen LogP contribution in [0.25, 0.3) is 0 Å². The summed E-state index contributed by atoms with van der Waals surface area (Å²) in [7, 11) is 0. The van der Waals surface area contributed by atoms with E-state index in [0.29, 0.717) is 25.3 Å². The first-order valence-electron chi connectivity index (χ1n) is 7.70. The van der Waals surface area contributed by atoms with E-state index >= 15 is 0 Å². The van der Waals surface area contributed by atoms with Crippen LogP contribution in [0, 0.1) is 12.3 Å². The Hall–Kier alpha value is -1.75. The third-order valence-electron chi connectivity index (χ3n) is 3.32. The number of hydrogen-bond donors (Lipinski definition) is 3. The molecule has 0 fully saturated rings. The monoisotopic (exact) mass is 308 g/mol. The van der Waals surface area contributed by atoms with E-state index in [1.807, 2.05) is 45.9 Å². The quantitative estimate of drug-likeness (QED) is 0.723. The number of anilines is 1. The summed E-state index contributed by atoms with van der Waals surface area (Å²) < 4.78 is 5.52. The number of aliphatic hydroxyl groups is 1. The molecule has 1 rings (SSSR count). The number of carbonyl (C=O) groups excluding carboxylic acids is 1. The van der Waals surface area contributed by atoms with Gasteiger partial charge in [-0.25, -0.2) is 4.79 Å². The Kier molecular flexibility index (Phi) is 6.68. The number of carbonyl (C=O) groups is 1. The standard InChI is InChI=1S/C17H28N2O3/c1-6-22-15-9-14(8-7-12(15)2)19-16(21)18-11-17(4,5)10-13(3)20/h7-9,13,20H,6,10-11H2,1-5H3,(H2,18,19,21)/t13-/m1/s1. The molecule has 22 heavy (non-hydrogen) atoms. The van der Waals surface area contributed by atoms with Gasteiger partial charge < -0.3 is 20.5 Å². The van der Waals surface area contributed by atoms with Crippen LogP contribution in [0.5, 0.6) is 5.75 Å². The summed E-state index contributed by atoms with van der Waals surface area (Å²) in [5, 5.41) is 15.1. The zero-order chi connectivity index (χ0) is 16.8. The highest BCUT2D eigenvalue weighted by molar-refractivity contribution is 5.89. The largest absolute Gasteiger partial charge is 0.494 e. The Labute approximate surface area is 133 Å². The van der Waals surface area contributed by atoms with E-state index in [2.05, 4.69) is 10.6 Å². The van der Waals surface area contributed by atoms with Crippen molar-refractivity contribution < 1.29 is 14.6 Å². The molecule has 5 nitrogen and oxygen atoms in total. The molecule has 1 aromatic rings. The highest BCUT2D eigenvalue weighted by atomic mass is 16.5. The number of nitrogens with one attached hydrogen (secondary N) is 2. The van der Waals surface area contributed by atoms with Crippen molar-refractivity contribution in [1.82, 2.24) is 5.32 Å². The zero-order valence-corrected chi connectivity index (χ0v) is 14.2. The molecule has 3 N–H and O–H groups in total. The average molecular weight is 308 g/mol. The number of benzene rings is 1. The second kappa shape index (κ2) is 8.03. The smallest absolute Gasteiger partial charge is 0.319 e. The van der Waals surface area contributed by atoms with Gasteiger partial charge in [0.1, 0.15) is 5.75 Å². The summed E-state index contributed by atoms with van der Waals surface area (Å²) in [6.45, 7) is 10.8. The minimum absolute atomic E-state index is 0.157. The Morgan fingerprint density at radius 2 is 2.09 bits per heavy atom. The molecule has 2 amide bonds. The van der Waals surface area contributed by atoms with E-state index in [0.717, 1.165) is 11.3 Å². The second-order valence-electron chi connectivity index (χ2n) is 6.44. The molecule has 0 bridgehead atoms. The van der Waals surface area contributed by atoms with Crippen molar-refractivity contribution in [3.8, 4) is 5.75 Å². The zero-order valence-electron chi connectivity index (χ0n) is 14.2. The predicted molar refractivity (Wildman–Crippen MR) is 89.4 cm³/mol. The number of aryl methyl sites for hydroxylation is 1. The second-order valence-corrected chi connectivity index (χ2v) is 6.44. The van der Waals surface area contributed by atoms with Crippen molar-refractivity contribution in [3.63, 3.8) is 0 Å². The van der Waals surface area contributed by atoms with Crippen molar-refractivity contribution in [2.24, 2.45) is 5.41 Å². The third kappa shape index (κ3) is 6.35. The van der Waals surface area contributed by atoms with Crippen molar-refractivity contribution in [2.75, 3.05) is 18.5 Å². The van der Waals surface area contributed by atoms with Gasteiger partial charge in [0, 0.05) is 18.3 Å². The highest BCUT2D eigenvalue weighted by Crippen LogP contribution is 2.23. The van der Waals surface area contributed by atoms with Gasteiger partial charge in [0.2, 0.25) is 0 Å². The number of urea groups is 1. The number of hydrogen-bond acceptors (Lipinski definition) is 3. The molecular weight excluding hydrogens is 280 g/mol. The van der Waals surface area contributed by atoms with Crippen LogP contribution in [0.1, 0.15) is 39.7 Å². The predicted octanol–water partition coefficient (Wildman–Crippen LogP) is 3.31. The maximum absolute atomic E-state index is 12.0. The summed E-state index contributed by atoms with van der Waals surface area (Å²) in [6, 6.07) is 5.32. The first-order valence-corrected chi connectivity index (χ1v) is 7.70. The van der Waals surface area contributed by atoms with Crippen molar-refractivity contribution in [2.45, 2.75) is 47.1 Å². The van der Waals surface area contributed by atoms with Gasteiger partial charge in [-0.3, -0.25) is 0 Å². The van der Waals surface area contributed by atoms with Gasteiger partial charge >= 0.3 is 6.03 Å². The van der Waals surface area contributed by atoms with Crippen molar-refractivity contribution in [3.05, 3.63) is 23.8 Å². The molecule has 5 heteroatoms. The fraction of sp³-hybridized carbons (Fsp3) is 0.588. The molecule has 1 atom stereocenters. The fourth-order valence-electron chi connectivity index (χ4n) is 2.36. The minimum Gasteiger partial charge on any atom is -0.494 e. The Balaban J connectivity index is 2.57. The van der Waals surface area contributed by atoms with Crippen LogP contribution in [-0.4, -0.2) is 30.4 Å². The first kappa shape index (κ1) is 18.3. The van der Waals surface area contributed by atoms with E-state index < -0.39 is 0 Å². The first-order chi connectivity index (χ1) is 10.2. The minimum atomic E-state index is -0.384. The summed E-state index contributed by atoms with van der Waals surface area (Å²) in [6.07, 6.45) is 0.248. The topological polar surface area (TPSA) is 70.6 Å². The lowest BCUT2D eigenvalue weighted by atomic mass is 9.87. The van der Waals surface area contributed by atoms with Gasteiger partial charge in [-0.1, -0.05) is 19.9 Å². The van der Waals surface area contributed by atoms with Crippen LogP contribution in [0.4, 0.5) is 10.5 Å². The van der Waals surface area contributed by atoms with Crippen LogP contribution in [0.3, 0.4) is 0 Å². The molecule has 1 aromatic carbocycles. The van der Waals surface area contributed by atoms with Gasteiger partial charge in [0.05, 0.1) is 12.7 Å². The number of amides is 2. The average Bonchev–Trinajstić information content (AvgIpc) is 2.39. The van der Waals surface area contributed by atoms with Crippen LogP contribution >= 0.6 is 0 Å². The van der Waals surface area contributed by atoms with Gasteiger partial charge in [-0.15, -0.1) is 0 Å². The molecule has 124 valence electrons. The molecule has 0 unspecified atom stereocenters.